The van der Waals surface area contributed by atoms with E-state index in [2.05, 4.69) is 69.9 Å². The molecule has 0 radical (unpaired) electrons. The summed E-state index contributed by atoms with van der Waals surface area (Å²) >= 11 is 6.25. The van der Waals surface area contributed by atoms with Crippen LogP contribution >= 0.6 is 11.6 Å². The molecule has 64 heavy (non-hydrogen) atoms. The molecule has 5 heterocycles. The van der Waals surface area contributed by atoms with E-state index in [1.807, 2.05) is 29.3 Å². The fraction of sp³-hybridized carbons (Fsp3) is 0.435. The number of imide groups is 1. The fourth-order valence-electron chi connectivity index (χ4n) is 10.2. The molecule has 4 amide bonds. The van der Waals surface area contributed by atoms with Crippen molar-refractivity contribution in [1.82, 2.24) is 45.5 Å². The molecule has 2 aromatic heterocycles. The minimum absolute atomic E-state index is 0.119. The number of ether oxygens (including phenoxy) is 1. The quantitative estimate of drug-likeness (QED) is 0.187. The number of hydrogen-bond donors (Lipinski definition) is 2. The summed E-state index contributed by atoms with van der Waals surface area (Å²) in [7, 11) is 0. The number of nitrogens with one attached hydrogen (secondary N) is 2. The third-order valence-corrected chi connectivity index (χ3v) is 13.9. The Morgan fingerprint density at radius 3 is 2.33 bits per heavy atom. The van der Waals surface area contributed by atoms with E-state index in [0.29, 0.717) is 64.9 Å². The van der Waals surface area contributed by atoms with Gasteiger partial charge < -0.3 is 19.9 Å². The lowest BCUT2D eigenvalue weighted by molar-refractivity contribution is -0.164. The highest BCUT2D eigenvalue weighted by Crippen LogP contribution is 2.55. The molecule has 0 spiro atoms. The first-order valence-corrected chi connectivity index (χ1v) is 21.9. The highest BCUT2D eigenvalue weighted by molar-refractivity contribution is 6.31. The van der Waals surface area contributed by atoms with Crippen LogP contribution in [-0.4, -0.2) is 96.8 Å². The molecule has 1 unspecified atom stereocenters. The molecule has 0 bridgehead atoms. The van der Waals surface area contributed by atoms with Crippen molar-refractivity contribution < 1.29 is 23.9 Å². The highest BCUT2D eigenvalue weighted by atomic mass is 35.5. The van der Waals surface area contributed by atoms with E-state index in [9.17, 15) is 29.2 Å². The predicted octanol–water partition coefficient (Wildman–Crippen LogP) is 4.40. The van der Waals surface area contributed by atoms with E-state index in [0.717, 1.165) is 41.0 Å². The number of rotatable bonds is 10. The highest BCUT2D eigenvalue weighted by Gasteiger charge is 2.64. The first kappa shape index (κ1) is 42.6. The number of anilines is 1. The Hall–Kier alpha value is -6.67. The van der Waals surface area contributed by atoms with E-state index in [4.69, 9.17) is 16.3 Å². The lowest BCUT2D eigenvalue weighted by Gasteiger charge is -2.63. The maximum Gasteiger partial charge on any atom is 0.278 e. The van der Waals surface area contributed by atoms with Crippen molar-refractivity contribution in [2.24, 2.45) is 22.7 Å². The number of nitrogens with zero attached hydrogens (tertiary/aromatic N) is 9. The number of benzene rings is 3. The second-order valence-electron chi connectivity index (χ2n) is 18.6. The lowest BCUT2D eigenvalue weighted by atomic mass is 9.49. The van der Waals surface area contributed by atoms with E-state index in [-0.39, 0.29) is 59.5 Å². The van der Waals surface area contributed by atoms with Gasteiger partial charge in [-0.2, -0.15) is 9.94 Å². The Bertz CT molecular complexity index is 2770. The van der Waals surface area contributed by atoms with Gasteiger partial charge in [0.25, 0.3) is 17.4 Å². The van der Waals surface area contributed by atoms with Gasteiger partial charge in [-0.25, -0.2) is 4.68 Å². The van der Waals surface area contributed by atoms with E-state index in [1.165, 1.54) is 0 Å². The van der Waals surface area contributed by atoms with Crippen LogP contribution in [0.2, 0.25) is 5.02 Å². The summed E-state index contributed by atoms with van der Waals surface area (Å²) in [5, 5.41) is 32.3. The fourth-order valence-corrected chi connectivity index (χ4v) is 10.4. The van der Waals surface area contributed by atoms with E-state index < -0.39 is 17.5 Å². The summed E-state index contributed by atoms with van der Waals surface area (Å²) < 4.78 is 9.13. The second-order valence-corrected chi connectivity index (χ2v) is 19.0. The molecule has 3 aromatic carbocycles. The molecule has 1 saturated carbocycles. The Morgan fingerprint density at radius 1 is 0.922 bits per heavy atom. The number of amides is 4. The standard InChI is InChI=1S/C46H48ClN11O6/c1-45(2)43(46(3,4)44(45)64-33-11-7-28(22-48)35(47)21-33)50-39(60)27-5-8-31(9-6-27)57-25-30(51-53-57)19-26-15-17-55(18-16-26)41(62)29-23-56(24-29)32-10-12-36-34(20-32)42(63)58(54-52-36)37-13-14-38(59)49-40(37)61/h5-12,20-21,25-26,29,37,43-44H,13-19,23-24H2,1-4H3,(H,50,60)(H,49,59,61)/t37?,43-,44-. The van der Waals surface area contributed by atoms with Gasteiger partial charge in [-0.3, -0.25) is 29.3 Å². The van der Waals surface area contributed by atoms with Crippen LogP contribution in [0.3, 0.4) is 0 Å². The number of aromatic nitrogens is 6. The molecule has 9 rings (SSSR count). The topological polar surface area (TPSA) is 210 Å². The molecule has 5 aromatic rings. The number of likely N-dealkylation sites (tertiary alicyclic amines) is 1. The molecule has 1 atom stereocenters. The molecule has 4 fully saturated rings. The van der Waals surface area contributed by atoms with Crippen LogP contribution in [0, 0.1) is 34.0 Å². The zero-order valence-electron chi connectivity index (χ0n) is 36.0. The van der Waals surface area contributed by atoms with Gasteiger partial charge in [-0.05, 0) is 86.2 Å². The van der Waals surface area contributed by atoms with Gasteiger partial charge in [0, 0.05) is 66.8 Å². The van der Waals surface area contributed by atoms with Crippen LogP contribution in [0.25, 0.3) is 16.6 Å². The largest absolute Gasteiger partial charge is 0.489 e. The molecule has 2 N–H and O–H groups in total. The summed E-state index contributed by atoms with van der Waals surface area (Å²) in [5.41, 5.74) is 2.51. The smallest absolute Gasteiger partial charge is 0.278 e. The van der Waals surface area contributed by atoms with Crippen LogP contribution in [0.4, 0.5) is 5.69 Å². The molecule has 330 valence electrons. The molecule has 3 aliphatic heterocycles. The summed E-state index contributed by atoms with van der Waals surface area (Å²) in [6.45, 7) is 10.7. The maximum absolute atomic E-state index is 13.5. The van der Waals surface area contributed by atoms with Gasteiger partial charge in [0.05, 0.1) is 39.5 Å². The number of nitriles is 1. The van der Waals surface area contributed by atoms with Crippen LogP contribution < -0.4 is 25.8 Å². The molecule has 18 heteroatoms. The molecule has 17 nitrogen and oxygen atoms in total. The zero-order valence-corrected chi connectivity index (χ0v) is 36.7. The number of halogens is 1. The number of carbonyl (C=O) groups excluding carboxylic acids is 4. The summed E-state index contributed by atoms with van der Waals surface area (Å²) in [6, 6.07) is 18.6. The van der Waals surface area contributed by atoms with Crippen molar-refractivity contribution in [3.63, 3.8) is 0 Å². The second kappa shape index (κ2) is 16.5. The van der Waals surface area contributed by atoms with Crippen molar-refractivity contribution in [1.29, 1.82) is 5.26 Å². The normalized spacial score (nSPS) is 22.0. The Morgan fingerprint density at radius 2 is 1.64 bits per heavy atom. The minimum atomic E-state index is -0.900. The number of fused-ring (bicyclic) bond motifs is 1. The first-order valence-electron chi connectivity index (χ1n) is 21.6. The minimum Gasteiger partial charge on any atom is -0.489 e. The monoisotopic (exact) mass is 885 g/mol. The molecule has 3 saturated heterocycles. The number of piperidine rings is 2. The van der Waals surface area contributed by atoms with Crippen LogP contribution in [-0.2, 0) is 20.8 Å². The molecule has 1 aliphatic carbocycles. The van der Waals surface area contributed by atoms with Crippen LogP contribution in [0.5, 0.6) is 5.75 Å². The van der Waals surface area contributed by atoms with Gasteiger partial charge in [0.15, 0.2) is 0 Å². The van der Waals surface area contributed by atoms with Gasteiger partial charge in [-0.15, -0.1) is 10.2 Å². The van der Waals surface area contributed by atoms with Crippen molar-refractivity contribution in [3.8, 4) is 17.5 Å². The van der Waals surface area contributed by atoms with E-state index in [1.54, 1.807) is 47.1 Å². The van der Waals surface area contributed by atoms with Gasteiger partial charge in [-0.1, -0.05) is 49.7 Å². The molecular formula is C46H48ClN11O6. The van der Waals surface area contributed by atoms with Crippen molar-refractivity contribution >= 4 is 51.8 Å². The molecule has 4 aliphatic rings. The number of hydrogen-bond acceptors (Lipinski definition) is 12. The lowest BCUT2D eigenvalue weighted by Crippen LogP contribution is -2.74. The van der Waals surface area contributed by atoms with Crippen molar-refractivity contribution in [2.75, 3.05) is 31.1 Å². The third kappa shape index (κ3) is 7.84. The summed E-state index contributed by atoms with van der Waals surface area (Å²) in [4.78, 5) is 68.4. The molecular weight excluding hydrogens is 838 g/mol. The van der Waals surface area contributed by atoms with Crippen LogP contribution in [0.15, 0.2) is 71.7 Å². The number of carbonyl (C=O) groups is 4. The maximum atomic E-state index is 13.5. The van der Waals surface area contributed by atoms with Crippen molar-refractivity contribution in [2.45, 2.75) is 78.0 Å². The average Bonchev–Trinajstić information content (AvgIpc) is 3.73. The first-order chi connectivity index (χ1) is 30.6. The summed E-state index contributed by atoms with van der Waals surface area (Å²) in [6.07, 6.45) is 4.46. The SMILES string of the molecule is CC1(C)[C@H](NC(=O)c2ccc(-n3cc(CC4CCN(C(=O)C5CN(c6ccc7nnn(C8CCC(=O)NC8=O)c(=O)c7c6)C5)CC4)nn3)cc2)C(C)(C)[C@H]1Oc1ccc(C#N)c(Cl)c1. The van der Waals surface area contributed by atoms with Gasteiger partial charge in [0.1, 0.15) is 29.5 Å². The zero-order chi connectivity index (χ0) is 45.1. The predicted molar refractivity (Wildman–Crippen MR) is 235 cm³/mol. The van der Waals surface area contributed by atoms with Gasteiger partial charge in [0.2, 0.25) is 11.8 Å². The van der Waals surface area contributed by atoms with Crippen LogP contribution in [0.1, 0.15) is 81.0 Å². The van der Waals surface area contributed by atoms with Crippen molar-refractivity contribution in [3.05, 3.63) is 99.1 Å². The van der Waals surface area contributed by atoms with E-state index >= 15 is 0 Å². The third-order valence-electron chi connectivity index (χ3n) is 13.6. The summed E-state index contributed by atoms with van der Waals surface area (Å²) in [5.74, 6) is -0.208. The average molecular weight is 886 g/mol. The Kier molecular flexibility index (Phi) is 11.0. The van der Waals surface area contributed by atoms with Gasteiger partial charge >= 0.3 is 0 Å². The Labute approximate surface area is 373 Å². The Balaban J connectivity index is 0.740.